The summed E-state index contributed by atoms with van der Waals surface area (Å²) in [6.07, 6.45) is 0. The van der Waals surface area contributed by atoms with Gasteiger partial charge in [-0.25, -0.2) is 9.79 Å². The molecule has 0 saturated carbocycles. The van der Waals surface area contributed by atoms with E-state index in [1.54, 1.807) is 18.2 Å². The number of fused-ring (bicyclic) bond motifs is 3. The van der Waals surface area contributed by atoms with E-state index in [2.05, 4.69) is 24.3 Å². The van der Waals surface area contributed by atoms with Gasteiger partial charge in [0.05, 0.1) is 17.0 Å². The first-order valence-electron chi connectivity index (χ1n) is 7.35. The lowest BCUT2D eigenvalue weighted by molar-refractivity contribution is 0.0697. The number of aromatic carboxylic acids is 1. The van der Waals surface area contributed by atoms with Gasteiger partial charge in [-0.3, -0.25) is 0 Å². The van der Waals surface area contributed by atoms with Gasteiger partial charge >= 0.3 is 5.97 Å². The Morgan fingerprint density at radius 3 is 1.87 bits per heavy atom. The normalized spacial score (nSPS) is 11.7. The van der Waals surface area contributed by atoms with Crippen LogP contribution in [-0.4, -0.2) is 16.8 Å². The highest BCUT2D eigenvalue weighted by Gasteiger charge is 2.23. The van der Waals surface area contributed by atoms with E-state index in [4.69, 9.17) is 10.1 Å². The fraction of sp³-hybridized carbons (Fsp3) is 0. The van der Waals surface area contributed by atoms with Gasteiger partial charge in [-0.1, -0.05) is 54.6 Å². The van der Waals surface area contributed by atoms with Crippen molar-refractivity contribution in [1.82, 2.24) is 0 Å². The lowest BCUT2D eigenvalue weighted by atomic mass is 10.1. The SMILES string of the molecule is O=C(O)c1cccc(N=C2c3ccccc3-c3ccccc32)c1. The molecule has 3 aromatic rings. The van der Waals surface area contributed by atoms with Crippen LogP contribution in [0.25, 0.3) is 11.1 Å². The van der Waals surface area contributed by atoms with Gasteiger partial charge in [-0.05, 0) is 29.3 Å². The molecule has 0 aromatic heterocycles. The molecule has 3 nitrogen and oxygen atoms in total. The second-order valence-electron chi connectivity index (χ2n) is 5.41. The number of carbonyl (C=O) groups is 1. The Bertz CT molecular complexity index is 910. The number of benzene rings is 3. The summed E-state index contributed by atoms with van der Waals surface area (Å²) in [5.41, 5.74) is 6.26. The standard InChI is InChI=1S/C20H13NO2/c22-20(23)13-6-5-7-14(12-13)21-19-17-10-3-1-8-15(17)16-9-2-4-11-18(16)19/h1-12H,(H,22,23). The molecule has 1 N–H and O–H groups in total. The molecule has 0 atom stereocenters. The van der Waals surface area contributed by atoms with Crippen LogP contribution in [-0.2, 0) is 0 Å². The number of aliphatic imine (C=N–C) groups is 1. The average Bonchev–Trinajstić information content (AvgIpc) is 2.90. The maximum absolute atomic E-state index is 11.1. The summed E-state index contributed by atoms with van der Waals surface area (Å²) in [6, 6.07) is 23.0. The van der Waals surface area contributed by atoms with Crippen molar-refractivity contribution >= 4 is 17.4 Å². The van der Waals surface area contributed by atoms with E-state index in [0.29, 0.717) is 5.69 Å². The molecule has 110 valence electrons. The van der Waals surface area contributed by atoms with Crippen molar-refractivity contribution in [3.8, 4) is 11.1 Å². The first-order valence-corrected chi connectivity index (χ1v) is 7.35. The maximum atomic E-state index is 11.1. The summed E-state index contributed by atoms with van der Waals surface area (Å²) in [5, 5.41) is 9.14. The van der Waals surface area contributed by atoms with E-state index < -0.39 is 5.97 Å². The van der Waals surface area contributed by atoms with E-state index in [0.717, 1.165) is 28.0 Å². The lowest BCUT2D eigenvalue weighted by Crippen LogP contribution is -1.98. The van der Waals surface area contributed by atoms with Gasteiger partial charge in [0.25, 0.3) is 0 Å². The molecule has 0 fully saturated rings. The summed E-state index contributed by atoms with van der Waals surface area (Å²) in [5.74, 6) is -0.945. The Morgan fingerprint density at radius 2 is 1.30 bits per heavy atom. The fourth-order valence-corrected chi connectivity index (χ4v) is 2.95. The number of carboxylic acids is 1. The first kappa shape index (κ1) is 13.5. The van der Waals surface area contributed by atoms with Gasteiger partial charge < -0.3 is 5.11 Å². The molecule has 0 bridgehead atoms. The van der Waals surface area contributed by atoms with Crippen molar-refractivity contribution in [2.45, 2.75) is 0 Å². The van der Waals surface area contributed by atoms with Crippen LogP contribution in [0.15, 0.2) is 77.8 Å². The van der Waals surface area contributed by atoms with Crippen LogP contribution in [0.2, 0.25) is 0 Å². The molecule has 0 spiro atoms. The molecule has 0 radical (unpaired) electrons. The zero-order valence-corrected chi connectivity index (χ0v) is 12.2. The van der Waals surface area contributed by atoms with E-state index in [1.165, 1.54) is 0 Å². The molecule has 0 unspecified atom stereocenters. The topological polar surface area (TPSA) is 49.7 Å². The van der Waals surface area contributed by atoms with Crippen LogP contribution in [0.3, 0.4) is 0 Å². The number of hydrogen-bond donors (Lipinski definition) is 1. The predicted octanol–water partition coefficient (Wildman–Crippen LogP) is 4.53. The molecule has 0 saturated heterocycles. The van der Waals surface area contributed by atoms with Crippen molar-refractivity contribution in [2.75, 3.05) is 0 Å². The second-order valence-corrected chi connectivity index (χ2v) is 5.41. The summed E-state index contributed by atoms with van der Waals surface area (Å²) in [7, 11) is 0. The number of nitrogens with zero attached hydrogens (tertiary/aromatic N) is 1. The van der Waals surface area contributed by atoms with Crippen molar-refractivity contribution in [2.24, 2.45) is 4.99 Å². The first-order chi connectivity index (χ1) is 11.2. The van der Waals surface area contributed by atoms with Gasteiger partial charge in [0, 0.05) is 11.1 Å². The second kappa shape index (κ2) is 5.21. The highest BCUT2D eigenvalue weighted by atomic mass is 16.4. The third kappa shape index (κ3) is 2.23. The monoisotopic (exact) mass is 299 g/mol. The van der Waals surface area contributed by atoms with Crippen LogP contribution < -0.4 is 0 Å². The van der Waals surface area contributed by atoms with Gasteiger partial charge in [0.15, 0.2) is 0 Å². The van der Waals surface area contributed by atoms with E-state index in [1.807, 2.05) is 30.3 Å². The van der Waals surface area contributed by atoms with Crippen molar-refractivity contribution < 1.29 is 9.90 Å². The highest BCUT2D eigenvalue weighted by Crippen LogP contribution is 2.37. The molecule has 4 rings (SSSR count). The van der Waals surface area contributed by atoms with Gasteiger partial charge in [0.1, 0.15) is 0 Å². The summed E-state index contributed by atoms with van der Waals surface area (Å²) < 4.78 is 0. The van der Waals surface area contributed by atoms with Gasteiger partial charge in [-0.2, -0.15) is 0 Å². The summed E-state index contributed by atoms with van der Waals surface area (Å²) in [6.45, 7) is 0. The molecule has 0 aliphatic heterocycles. The molecule has 3 aromatic carbocycles. The largest absolute Gasteiger partial charge is 0.478 e. The van der Waals surface area contributed by atoms with Crippen LogP contribution in [0.1, 0.15) is 21.5 Å². The molecule has 23 heavy (non-hydrogen) atoms. The number of carboxylic acid groups (broad SMARTS) is 1. The Hall–Kier alpha value is -3.20. The minimum atomic E-state index is -0.945. The molecular weight excluding hydrogens is 286 g/mol. The maximum Gasteiger partial charge on any atom is 0.335 e. The lowest BCUT2D eigenvalue weighted by Gasteiger charge is -2.03. The summed E-state index contributed by atoms with van der Waals surface area (Å²) >= 11 is 0. The average molecular weight is 299 g/mol. The molecule has 0 heterocycles. The van der Waals surface area contributed by atoms with Crippen LogP contribution in [0, 0.1) is 0 Å². The summed E-state index contributed by atoms with van der Waals surface area (Å²) in [4.78, 5) is 15.9. The smallest absolute Gasteiger partial charge is 0.335 e. The molecule has 3 heteroatoms. The molecule has 1 aliphatic rings. The van der Waals surface area contributed by atoms with Crippen molar-refractivity contribution in [3.05, 3.63) is 89.5 Å². The Balaban J connectivity index is 1.92. The third-order valence-electron chi connectivity index (χ3n) is 3.99. The Kier molecular flexibility index (Phi) is 3.05. The van der Waals surface area contributed by atoms with E-state index >= 15 is 0 Å². The van der Waals surface area contributed by atoms with E-state index in [-0.39, 0.29) is 5.56 Å². The van der Waals surface area contributed by atoms with Gasteiger partial charge in [0.2, 0.25) is 0 Å². The van der Waals surface area contributed by atoms with Crippen LogP contribution in [0.5, 0.6) is 0 Å². The minimum absolute atomic E-state index is 0.242. The highest BCUT2D eigenvalue weighted by molar-refractivity contribution is 6.25. The third-order valence-corrected chi connectivity index (χ3v) is 3.99. The zero-order valence-electron chi connectivity index (χ0n) is 12.2. The molecule has 1 aliphatic carbocycles. The number of rotatable bonds is 2. The van der Waals surface area contributed by atoms with Crippen molar-refractivity contribution in [1.29, 1.82) is 0 Å². The van der Waals surface area contributed by atoms with E-state index in [9.17, 15) is 4.79 Å². The predicted molar refractivity (Wildman–Crippen MR) is 90.6 cm³/mol. The Labute approximate surface area is 133 Å². The Morgan fingerprint density at radius 1 is 0.739 bits per heavy atom. The fourth-order valence-electron chi connectivity index (χ4n) is 2.95. The quantitative estimate of drug-likeness (QED) is 0.591. The van der Waals surface area contributed by atoms with Gasteiger partial charge in [-0.15, -0.1) is 0 Å². The van der Waals surface area contributed by atoms with Crippen LogP contribution >= 0.6 is 0 Å². The van der Waals surface area contributed by atoms with Crippen molar-refractivity contribution in [3.63, 3.8) is 0 Å². The molecular formula is C20H13NO2. The minimum Gasteiger partial charge on any atom is -0.478 e. The van der Waals surface area contributed by atoms with Crippen LogP contribution in [0.4, 0.5) is 5.69 Å². The number of hydrogen-bond acceptors (Lipinski definition) is 2. The molecule has 0 amide bonds. The zero-order chi connectivity index (χ0) is 15.8.